The lowest BCUT2D eigenvalue weighted by Gasteiger charge is -2.27. The minimum atomic E-state index is -4.85. The Kier molecular flexibility index (Phi) is 6.06. The number of nitrogens with one attached hydrogen (secondary N) is 1. The number of imide groups is 1. The van der Waals surface area contributed by atoms with Gasteiger partial charge in [0.1, 0.15) is 0 Å². The first-order valence-corrected chi connectivity index (χ1v) is 9.24. The predicted octanol–water partition coefficient (Wildman–Crippen LogP) is 4.38. The third-order valence-electron chi connectivity index (χ3n) is 4.65. The first-order valence-electron chi connectivity index (χ1n) is 8.87. The number of halogens is 4. The molecule has 1 aliphatic heterocycles. The Labute approximate surface area is 180 Å². The van der Waals surface area contributed by atoms with Gasteiger partial charge >= 0.3 is 12.2 Å². The smallest absolute Gasteiger partial charge is 0.374 e. The van der Waals surface area contributed by atoms with Gasteiger partial charge in [0.2, 0.25) is 0 Å². The molecule has 1 N–H and O–H groups in total. The molecule has 1 aliphatic rings. The Morgan fingerprint density at radius 3 is 2.61 bits per heavy atom. The zero-order valence-electron chi connectivity index (χ0n) is 15.9. The second kappa shape index (κ2) is 8.41. The monoisotopic (exact) mass is 449 g/mol. The average Bonchev–Trinajstić information content (AvgIpc) is 2.97. The van der Waals surface area contributed by atoms with E-state index in [1.165, 1.54) is 18.2 Å². The van der Waals surface area contributed by atoms with Gasteiger partial charge in [-0.1, -0.05) is 29.8 Å². The zero-order valence-corrected chi connectivity index (χ0v) is 16.6. The number of ether oxygens (including phenoxy) is 1. The molecule has 1 heterocycles. The van der Waals surface area contributed by atoms with Crippen molar-refractivity contribution in [2.24, 2.45) is 0 Å². The lowest BCUT2D eigenvalue weighted by Crippen LogP contribution is -2.48. The highest BCUT2D eigenvalue weighted by atomic mass is 35.5. The van der Waals surface area contributed by atoms with E-state index in [1.54, 1.807) is 18.2 Å². The maximum absolute atomic E-state index is 13.4. The van der Waals surface area contributed by atoms with Gasteiger partial charge in [0.15, 0.2) is 5.54 Å². The van der Waals surface area contributed by atoms with Crippen molar-refractivity contribution in [3.05, 3.63) is 76.8 Å². The van der Waals surface area contributed by atoms with Crippen molar-refractivity contribution in [1.29, 1.82) is 5.26 Å². The fraction of sp³-hybridized carbons (Fsp3) is 0.190. The molecule has 1 atom stereocenters. The largest absolute Gasteiger partial charge is 0.417 e. The van der Waals surface area contributed by atoms with Crippen molar-refractivity contribution in [3.8, 4) is 6.07 Å². The summed E-state index contributed by atoms with van der Waals surface area (Å²) in [5, 5.41) is 11.8. The Hall–Kier alpha value is -3.35. The predicted molar refractivity (Wildman–Crippen MR) is 106 cm³/mol. The molecule has 0 aliphatic carbocycles. The molecule has 0 saturated carbocycles. The summed E-state index contributed by atoms with van der Waals surface area (Å²) in [6, 6.07) is 9.26. The van der Waals surface area contributed by atoms with Crippen LogP contribution in [0.15, 0.2) is 55.1 Å². The van der Waals surface area contributed by atoms with Crippen LogP contribution in [-0.4, -0.2) is 25.2 Å². The van der Waals surface area contributed by atoms with Crippen molar-refractivity contribution in [2.75, 3.05) is 18.1 Å². The molecule has 0 aromatic heterocycles. The first kappa shape index (κ1) is 22.3. The number of nitrogens with zero attached hydrogens (tertiary/aromatic N) is 2. The summed E-state index contributed by atoms with van der Waals surface area (Å²) in [6.45, 7) is 3.29. The van der Waals surface area contributed by atoms with E-state index in [1.807, 2.05) is 0 Å². The van der Waals surface area contributed by atoms with Crippen LogP contribution >= 0.6 is 11.6 Å². The Bertz CT molecular complexity index is 1100. The molecule has 0 spiro atoms. The van der Waals surface area contributed by atoms with Gasteiger partial charge in [-0.3, -0.25) is 4.79 Å². The van der Waals surface area contributed by atoms with Gasteiger partial charge in [0.25, 0.3) is 5.91 Å². The van der Waals surface area contributed by atoms with Crippen LogP contribution in [0.4, 0.5) is 23.7 Å². The number of nitriles is 1. The zero-order chi connectivity index (χ0) is 22.8. The summed E-state index contributed by atoms with van der Waals surface area (Å²) in [5.74, 6) is -0.846. The van der Waals surface area contributed by atoms with Gasteiger partial charge in [-0.2, -0.15) is 18.4 Å². The first-order chi connectivity index (χ1) is 14.6. The molecule has 1 saturated heterocycles. The number of rotatable bonds is 6. The van der Waals surface area contributed by atoms with Gasteiger partial charge in [-0.25, -0.2) is 9.69 Å². The number of carbonyl (C=O) groups excluding carboxylic acids is 2. The number of benzene rings is 2. The van der Waals surface area contributed by atoms with Gasteiger partial charge < -0.3 is 10.1 Å². The quantitative estimate of drug-likeness (QED) is 0.403. The number of amides is 3. The fourth-order valence-electron chi connectivity index (χ4n) is 3.24. The van der Waals surface area contributed by atoms with Gasteiger partial charge in [-0.05, 0) is 35.9 Å². The minimum Gasteiger partial charge on any atom is -0.374 e. The second-order valence-corrected chi connectivity index (χ2v) is 7.07. The minimum absolute atomic E-state index is 0.0700. The van der Waals surface area contributed by atoms with Crippen molar-refractivity contribution in [1.82, 2.24) is 5.32 Å². The highest BCUT2D eigenvalue weighted by Gasteiger charge is 2.53. The molecule has 160 valence electrons. The maximum Gasteiger partial charge on any atom is 0.417 e. The highest BCUT2D eigenvalue weighted by Crippen LogP contribution is 2.38. The van der Waals surface area contributed by atoms with E-state index in [9.17, 15) is 22.8 Å². The molecule has 1 unspecified atom stereocenters. The number of hydrogen-bond donors (Lipinski definition) is 1. The Balaban J connectivity index is 2.10. The normalized spacial score (nSPS) is 18.6. The molecule has 6 nitrogen and oxygen atoms in total. The van der Waals surface area contributed by atoms with Crippen LogP contribution in [0.1, 0.15) is 16.7 Å². The topological polar surface area (TPSA) is 82.4 Å². The van der Waals surface area contributed by atoms with E-state index < -0.39 is 34.8 Å². The Morgan fingerprint density at radius 1 is 1.26 bits per heavy atom. The molecule has 0 radical (unpaired) electrons. The standard InChI is InChI=1S/C21H15ClF3N3O3/c1-2-8-31-12-20(14-4-3-5-15(22)9-14)18(29)28(19(30)27-20)16-7-6-13(11-26)17(10-16)21(23,24)25/h2-7,9-10H,1,8,12H2,(H,27,30). The molecule has 31 heavy (non-hydrogen) atoms. The maximum atomic E-state index is 13.4. The number of anilines is 1. The molecule has 10 heteroatoms. The second-order valence-electron chi connectivity index (χ2n) is 6.63. The summed E-state index contributed by atoms with van der Waals surface area (Å²) >= 11 is 6.04. The molecule has 2 aromatic carbocycles. The van der Waals surface area contributed by atoms with Crippen molar-refractivity contribution in [3.63, 3.8) is 0 Å². The third-order valence-corrected chi connectivity index (χ3v) is 4.89. The fourth-order valence-corrected chi connectivity index (χ4v) is 3.43. The molecule has 3 amide bonds. The van der Waals surface area contributed by atoms with Crippen LogP contribution in [0.3, 0.4) is 0 Å². The molecule has 3 rings (SSSR count). The molecular weight excluding hydrogens is 435 g/mol. The van der Waals surface area contributed by atoms with Crippen LogP contribution in [0.25, 0.3) is 0 Å². The number of urea groups is 1. The summed E-state index contributed by atoms with van der Waals surface area (Å²) in [6.07, 6.45) is -3.40. The molecular formula is C21H15ClF3N3O3. The van der Waals surface area contributed by atoms with Crippen LogP contribution in [-0.2, 0) is 21.2 Å². The Morgan fingerprint density at radius 2 is 2.00 bits per heavy atom. The molecule has 2 aromatic rings. The summed E-state index contributed by atoms with van der Waals surface area (Å²) in [4.78, 5) is 26.7. The molecule has 1 fully saturated rings. The lowest BCUT2D eigenvalue weighted by atomic mass is 9.90. The van der Waals surface area contributed by atoms with Crippen LogP contribution in [0.5, 0.6) is 0 Å². The van der Waals surface area contributed by atoms with E-state index >= 15 is 0 Å². The lowest BCUT2D eigenvalue weighted by molar-refractivity contribution is -0.137. The van der Waals surface area contributed by atoms with E-state index in [0.29, 0.717) is 21.6 Å². The highest BCUT2D eigenvalue weighted by molar-refractivity contribution is 6.31. The van der Waals surface area contributed by atoms with Crippen LogP contribution < -0.4 is 10.2 Å². The number of carbonyl (C=O) groups is 2. The van der Waals surface area contributed by atoms with E-state index in [0.717, 1.165) is 12.1 Å². The summed E-state index contributed by atoms with van der Waals surface area (Å²) in [7, 11) is 0. The van der Waals surface area contributed by atoms with Crippen molar-refractivity contribution >= 4 is 29.2 Å². The van der Waals surface area contributed by atoms with Crippen LogP contribution in [0, 0.1) is 11.3 Å². The molecule has 0 bridgehead atoms. The van der Waals surface area contributed by atoms with Crippen LogP contribution in [0.2, 0.25) is 5.02 Å². The van der Waals surface area contributed by atoms with Gasteiger partial charge in [0.05, 0.1) is 36.1 Å². The number of hydrogen-bond acceptors (Lipinski definition) is 4. The number of alkyl halides is 3. The van der Waals surface area contributed by atoms with E-state index in [2.05, 4.69) is 11.9 Å². The van der Waals surface area contributed by atoms with Gasteiger partial charge in [0, 0.05) is 5.02 Å². The SMILES string of the molecule is C=CCOCC1(c2cccc(Cl)c2)NC(=O)N(c2ccc(C#N)c(C(F)(F)F)c2)C1=O. The van der Waals surface area contributed by atoms with Crippen molar-refractivity contribution < 1.29 is 27.5 Å². The summed E-state index contributed by atoms with van der Waals surface area (Å²) in [5.41, 5.74) is -3.62. The van der Waals surface area contributed by atoms with Crippen molar-refractivity contribution in [2.45, 2.75) is 11.7 Å². The van der Waals surface area contributed by atoms with E-state index in [4.69, 9.17) is 21.6 Å². The average molecular weight is 450 g/mol. The van der Waals surface area contributed by atoms with Gasteiger partial charge in [-0.15, -0.1) is 6.58 Å². The summed E-state index contributed by atoms with van der Waals surface area (Å²) < 4.78 is 45.5. The third kappa shape index (κ3) is 4.13. The van der Waals surface area contributed by atoms with E-state index in [-0.39, 0.29) is 18.9 Å².